The third-order valence-corrected chi connectivity index (χ3v) is 4.88. The summed E-state index contributed by atoms with van der Waals surface area (Å²) < 4.78 is 0. The Morgan fingerprint density at radius 3 is 2.62 bits per heavy atom. The molecule has 4 N–H and O–H groups in total. The largest absolute Gasteiger partial charge is 0.409 e. The number of oxime groups is 1. The molecule has 21 heavy (non-hydrogen) atoms. The molecule has 0 radical (unpaired) electrons. The summed E-state index contributed by atoms with van der Waals surface area (Å²) in [6.07, 6.45) is 3.69. The number of amidine groups is 1. The van der Waals surface area contributed by atoms with Gasteiger partial charge >= 0.3 is 0 Å². The predicted molar refractivity (Wildman–Crippen MR) is 86.6 cm³/mol. The molecule has 0 bridgehead atoms. The van der Waals surface area contributed by atoms with Crippen molar-refractivity contribution in [2.45, 2.75) is 45.1 Å². The lowest BCUT2D eigenvalue weighted by Gasteiger charge is -2.33. The highest BCUT2D eigenvalue weighted by molar-refractivity contribution is 5.87. The standard InChI is InChI=1S/C17H27N3O/c1-12-8-9-15(10-13(12)2)19-11-16(17(18)20-21)14-6-4-3-5-7-14/h3-7,12-13,15-16,19,21H,8-11H2,1-2H3,(H2,18,20). The molecular formula is C17H27N3O. The van der Waals surface area contributed by atoms with E-state index >= 15 is 0 Å². The molecule has 0 heterocycles. The van der Waals surface area contributed by atoms with Crippen LogP contribution in [0, 0.1) is 11.8 Å². The first-order chi connectivity index (χ1) is 10.1. The van der Waals surface area contributed by atoms with Crippen LogP contribution in [0.5, 0.6) is 0 Å². The van der Waals surface area contributed by atoms with Gasteiger partial charge in [0.25, 0.3) is 0 Å². The molecule has 4 nitrogen and oxygen atoms in total. The third-order valence-electron chi connectivity index (χ3n) is 4.88. The van der Waals surface area contributed by atoms with Gasteiger partial charge in [-0.25, -0.2) is 0 Å². The number of hydrogen-bond donors (Lipinski definition) is 3. The monoisotopic (exact) mass is 289 g/mol. The first-order valence-electron chi connectivity index (χ1n) is 7.87. The van der Waals surface area contributed by atoms with E-state index in [1.54, 1.807) is 0 Å². The van der Waals surface area contributed by atoms with Crippen LogP contribution in [-0.2, 0) is 0 Å². The van der Waals surface area contributed by atoms with Crippen LogP contribution in [0.15, 0.2) is 35.5 Å². The molecule has 1 fully saturated rings. The average molecular weight is 289 g/mol. The van der Waals surface area contributed by atoms with Crippen molar-refractivity contribution in [3.05, 3.63) is 35.9 Å². The maximum atomic E-state index is 9.02. The van der Waals surface area contributed by atoms with E-state index in [0.717, 1.165) is 17.4 Å². The van der Waals surface area contributed by atoms with Crippen molar-refractivity contribution in [3.63, 3.8) is 0 Å². The van der Waals surface area contributed by atoms with E-state index in [-0.39, 0.29) is 11.8 Å². The molecular weight excluding hydrogens is 262 g/mol. The molecule has 0 saturated heterocycles. The lowest BCUT2D eigenvalue weighted by molar-refractivity contribution is 0.226. The number of hydrogen-bond acceptors (Lipinski definition) is 3. The van der Waals surface area contributed by atoms with Crippen LogP contribution in [0.2, 0.25) is 0 Å². The molecule has 1 aliphatic carbocycles. The molecule has 0 aliphatic heterocycles. The van der Waals surface area contributed by atoms with E-state index in [2.05, 4.69) is 24.3 Å². The Labute approximate surface area is 127 Å². The molecule has 1 aromatic carbocycles. The van der Waals surface area contributed by atoms with Gasteiger partial charge in [-0.2, -0.15) is 0 Å². The number of benzene rings is 1. The van der Waals surface area contributed by atoms with Gasteiger partial charge < -0.3 is 16.3 Å². The molecule has 1 aliphatic rings. The summed E-state index contributed by atoms with van der Waals surface area (Å²) in [5, 5.41) is 15.8. The quantitative estimate of drug-likeness (QED) is 0.338. The van der Waals surface area contributed by atoms with E-state index in [4.69, 9.17) is 10.9 Å². The summed E-state index contributed by atoms with van der Waals surface area (Å²) in [6.45, 7) is 5.38. The van der Waals surface area contributed by atoms with E-state index in [1.165, 1.54) is 19.3 Å². The van der Waals surface area contributed by atoms with E-state index in [0.29, 0.717) is 12.6 Å². The second-order valence-electron chi connectivity index (χ2n) is 6.36. The van der Waals surface area contributed by atoms with Gasteiger partial charge in [-0.3, -0.25) is 0 Å². The number of rotatable bonds is 5. The Bertz CT molecular complexity index is 460. The molecule has 4 atom stereocenters. The van der Waals surface area contributed by atoms with Crippen molar-refractivity contribution in [2.75, 3.05) is 6.54 Å². The summed E-state index contributed by atoms with van der Waals surface area (Å²) in [5.74, 6) is 1.77. The number of nitrogens with zero attached hydrogens (tertiary/aromatic N) is 1. The van der Waals surface area contributed by atoms with Crippen LogP contribution in [0.4, 0.5) is 0 Å². The first-order valence-corrected chi connectivity index (χ1v) is 7.87. The fourth-order valence-corrected chi connectivity index (χ4v) is 3.17. The lowest BCUT2D eigenvalue weighted by Crippen LogP contribution is -2.40. The van der Waals surface area contributed by atoms with Crippen LogP contribution in [-0.4, -0.2) is 23.6 Å². The van der Waals surface area contributed by atoms with Crippen LogP contribution >= 0.6 is 0 Å². The number of nitrogens with one attached hydrogen (secondary N) is 1. The molecule has 1 saturated carbocycles. The maximum absolute atomic E-state index is 9.02. The minimum atomic E-state index is -0.0779. The van der Waals surface area contributed by atoms with Crippen molar-refractivity contribution in [1.82, 2.24) is 5.32 Å². The Hall–Kier alpha value is -1.55. The van der Waals surface area contributed by atoms with Gasteiger partial charge in [0.1, 0.15) is 5.84 Å². The van der Waals surface area contributed by atoms with E-state index < -0.39 is 0 Å². The van der Waals surface area contributed by atoms with Gasteiger partial charge in [0.05, 0.1) is 5.92 Å². The van der Waals surface area contributed by atoms with Gasteiger partial charge in [0, 0.05) is 12.6 Å². The van der Waals surface area contributed by atoms with Gasteiger partial charge in [0.2, 0.25) is 0 Å². The Balaban J connectivity index is 1.97. The van der Waals surface area contributed by atoms with E-state index in [1.807, 2.05) is 30.3 Å². The van der Waals surface area contributed by atoms with Crippen LogP contribution in [0.1, 0.15) is 44.6 Å². The van der Waals surface area contributed by atoms with Gasteiger partial charge in [0.15, 0.2) is 0 Å². The zero-order chi connectivity index (χ0) is 15.2. The van der Waals surface area contributed by atoms with Gasteiger partial charge in [-0.1, -0.05) is 49.3 Å². The predicted octanol–water partition coefficient (Wildman–Crippen LogP) is 2.93. The second-order valence-corrected chi connectivity index (χ2v) is 6.36. The van der Waals surface area contributed by atoms with Gasteiger partial charge in [-0.05, 0) is 36.7 Å². The van der Waals surface area contributed by atoms with Gasteiger partial charge in [-0.15, -0.1) is 0 Å². The minimum Gasteiger partial charge on any atom is -0.409 e. The van der Waals surface area contributed by atoms with Crippen molar-refractivity contribution >= 4 is 5.84 Å². The fraction of sp³-hybridized carbons (Fsp3) is 0.588. The Morgan fingerprint density at radius 1 is 1.29 bits per heavy atom. The number of nitrogens with two attached hydrogens (primary N) is 1. The molecule has 0 aromatic heterocycles. The molecule has 4 unspecified atom stereocenters. The van der Waals surface area contributed by atoms with Crippen molar-refractivity contribution in [1.29, 1.82) is 0 Å². The summed E-state index contributed by atoms with van der Waals surface area (Å²) in [4.78, 5) is 0. The van der Waals surface area contributed by atoms with E-state index in [9.17, 15) is 0 Å². The highest BCUT2D eigenvalue weighted by atomic mass is 16.4. The smallest absolute Gasteiger partial charge is 0.147 e. The molecule has 4 heteroatoms. The molecule has 1 aromatic rings. The highest BCUT2D eigenvalue weighted by Crippen LogP contribution is 2.29. The zero-order valence-electron chi connectivity index (χ0n) is 13.0. The lowest BCUT2D eigenvalue weighted by atomic mass is 9.79. The topological polar surface area (TPSA) is 70.6 Å². The summed E-state index contributed by atoms with van der Waals surface area (Å²) >= 11 is 0. The summed E-state index contributed by atoms with van der Waals surface area (Å²) in [6, 6.07) is 10.5. The Kier molecular flexibility index (Phi) is 5.62. The fourth-order valence-electron chi connectivity index (χ4n) is 3.17. The zero-order valence-corrected chi connectivity index (χ0v) is 13.0. The van der Waals surface area contributed by atoms with Crippen LogP contribution in [0.3, 0.4) is 0 Å². The van der Waals surface area contributed by atoms with Crippen molar-refractivity contribution < 1.29 is 5.21 Å². The minimum absolute atomic E-state index is 0.0779. The average Bonchev–Trinajstić information content (AvgIpc) is 2.51. The third kappa shape index (κ3) is 4.21. The first kappa shape index (κ1) is 15.8. The molecule has 116 valence electrons. The highest BCUT2D eigenvalue weighted by Gasteiger charge is 2.25. The second kappa shape index (κ2) is 7.46. The van der Waals surface area contributed by atoms with Crippen LogP contribution < -0.4 is 11.1 Å². The summed E-state index contributed by atoms with van der Waals surface area (Å²) in [7, 11) is 0. The SMILES string of the molecule is CC1CCC(NCC(C(N)=NO)c2ccccc2)CC1C. The van der Waals surface area contributed by atoms with Crippen molar-refractivity contribution in [2.24, 2.45) is 22.7 Å². The molecule has 0 spiro atoms. The summed E-state index contributed by atoms with van der Waals surface area (Å²) in [5.41, 5.74) is 6.96. The van der Waals surface area contributed by atoms with Crippen LogP contribution in [0.25, 0.3) is 0 Å². The van der Waals surface area contributed by atoms with Crippen molar-refractivity contribution in [3.8, 4) is 0 Å². The molecule has 2 rings (SSSR count). The normalized spacial score (nSPS) is 28.3. The molecule has 0 amide bonds. The maximum Gasteiger partial charge on any atom is 0.147 e. The Morgan fingerprint density at radius 2 is 2.00 bits per heavy atom.